The topological polar surface area (TPSA) is 43.4 Å². The van der Waals surface area contributed by atoms with Crippen LogP contribution in [0.4, 0.5) is 4.39 Å². The normalized spacial score (nSPS) is 10.3. The standard InChI is InChI=1S/C13H15FO3/c1-9-3-4-10(7-12(9)14)13(16)8-11(15)5-6-17-2/h3-4,7H,5-6,8H2,1-2H3. The van der Waals surface area contributed by atoms with E-state index in [1.165, 1.54) is 25.3 Å². The molecule has 0 aliphatic carbocycles. The summed E-state index contributed by atoms with van der Waals surface area (Å²) in [6, 6.07) is 4.23. The molecule has 0 saturated carbocycles. The van der Waals surface area contributed by atoms with E-state index in [1.807, 2.05) is 0 Å². The lowest BCUT2D eigenvalue weighted by atomic mass is 10.0. The van der Waals surface area contributed by atoms with E-state index in [1.54, 1.807) is 6.92 Å². The minimum Gasteiger partial charge on any atom is -0.384 e. The third kappa shape index (κ3) is 4.07. The van der Waals surface area contributed by atoms with Gasteiger partial charge in [0.2, 0.25) is 0 Å². The molecule has 1 rings (SSSR count). The number of hydrogen-bond donors (Lipinski definition) is 0. The Morgan fingerprint density at radius 2 is 2.06 bits per heavy atom. The largest absolute Gasteiger partial charge is 0.384 e. The molecule has 3 nitrogen and oxygen atoms in total. The van der Waals surface area contributed by atoms with Crippen molar-refractivity contribution in [1.29, 1.82) is 0 Å². The third-order valence-corrected chi connectivity index (χ3v) is 2.44. The fraction of sp³-hybridized carbons (Fsp3) is 0.385. The van der Waals surface area contributed by atoms with Crippen LogP contribution in [-0.2, 0) is 9.53 Å². The summed E-state index contributed by atoms with van der Waals surface area (Å²) >= 11 is 0. The monoisotopic (exact) mass is 238 g/mol. The first-order chi connectivity index (χ1) is 8.04. The van der Waals surface area contributed by atoms with E-state index in [2.05, 4.69) is 0 Å². The second-order valence-corrected chi connectivity index (χ2v) is 3.85. The van der Waals surface area contributed by atoms with Crippen LogP contribution in [0.2, 0.25) is 0 Å². The lowest BCUT2D eigenvalue weighted by Crippen LogP contribution is -2.10. The number of carbonyl (C=O) groups excluding carboxylic acids is 2. The summed E-state index contributed by atoms with van der Waals surface area (Å²) in [5, 5.41) is 0. The Morgan fingerprint density at radius 1 is 1.35 bits per heavy atom. The van der Waals surface area contributed by atoms with Crippen LogP contribution in [0.5, 0.6) is 0 Å². The van der Waals surface area contributed by atoms with Gasteiger partial charge >= 0.3 is 0 Å². The third-order valence-electron chi connectivity index (χ3n) is 2.44. The van der Waals surface area contributed by atoms with Crippen LogP contribution < -0.4 is 0 Å². The number of benzene rings is 1. The molecule has 0 fully saturated rings. The van der Waals surface area contributed by atoms with Crippen molar-refractivity contribution >= 4 is 11.6 Å². The highest BCUT2D eigenvalue weighted by molar-refractivity contribution is 6.07. The van der Waals surface area contributed by atoms with Crippen molar-refractivity contribution in [2.24, 2.45) is 0 Å². The molecule has 0 aliphatic heterocycles. The minimum absolute atomic E-state index is 0.196. The maximum Gasteiger partial charge on any atom is 0.170 e. The van der Waals surface area contributed by atoms with Gasteiger partial charge < -0.3 is 4.74 Å². The summed E-state index contributed by atoms with van der Waals surface area (Å²) in [7, 11) is 1.49. The number of ether oxygens (including phenoxy) is 1. The fourth-order valence-corrected chi connectivity index (χ4v) is 1.35. The number of rotatable bonds is 6. The van der Waals surface area contributed by atoms with E-state index in [0.29, 0.717) is 12.2 Å². The fourth-order valence-electron chi connectivity index (χ4n) is 1.35. The molecule has 0 saturated heterocycles. The predicted octanol–water partition coefficient (Wildman–Crippen LogP) is 2.31. The number of aryl methyl sites for hydroxylation is 1. The molecule has 92 valence electrons. The molecule has 17 heavy (non-hydrogen) atoms. The average Bonchev–Trinajstić information content (AvgIpc) is 2.30. The molecule has 0 N–H and O–H groups in total. The van der Waals surface area contributed by atoms with Gasteiger partial charge in [-0.05, 0) is 18.6 Å². The van der Waals surface area contributed by atoms with E-state index >= 15 is 0 Å². The van der Waals surface area contributed by atoms with Gasteiger partial charge in [0.25, 0.3) is 0 Å². The van der Waals surface area contributed by atoms with Crippen LogP contribution in [-0.4, -0.2) is 25.3 Å². The van der Waals surface area contributed by atoms with Gasteiger partial charge in [-0.3, -0.25) is 9.59 Å². The van der Waals surface area contributed by atoms with Crippen LogP contribution in [0.15, 0.2) is 18.2 Å². The van der Waals surface area contributed by atoms with E-state index in [0.717, 1.165) is 0 Å². The lowest BCUT2D eigenvalue weighted by Gasteiger charge is -2.02. The number of hydrogen-bond acceptors (Lipinski definition) is 3. The second-order valence-electron chi connectivity index (χ2n) is 3.85. The summed E-state index contributed by atoms with van der Waals surface area (Å²) in [5.74, 6) is -0.983. The van der Waals surface area contributed by atoms with Gasteiger partial charge in [0.15, 0.2) is 5.78 Å². The zero-order chi connectivity index (χ0) is 12.8. The Bertz CT molecular complexity index is 427. The van der Waals surface area contributed by atoms with Crippen molar-refractivity contribution < 1.29 is 18.7 Å². The molecule has 0 aliphatic rings. The quantitative estimate of drug-likeness (QED) is 0.564. The Labute approximate surface area is 99.6 Å². The van der Waals surface area contributed by atoms with Gasteiger partial charge in [-0.2, -0.15) is 0 Å². The van der Waals surface area contributed by atoms with E-state index < -0.39 is 5.82 Å². The molecule has 4 heteroatoms. The lowest BCUT2D eigenvalue weighted by molar-refractivity contribution is -0.119. The van der Waals surface area contributed by atoms with Crippen molar-refractivity contribution in [3.05, 3.63) is 35.1 Å². The van der Waals surface area contributed by atoms with Crippen LogP contribution in [0.3, 0.4) is 0 Å². The summed E-state index contributed by atoms with van der Waals surface area (Å²) < 4.78 is 18.0. The van der Waals surface area contributed by atoms with Gasteiger partial charge in [-0.1, -0.05) is 12.1 Å². The van der Waals surface area contributed by atoms with Gasteiger partial charge in [-0.25, -0.2) is 4.39 Å². The van der Waals surface area contributed by atoms with Crippen LogP contribution in [0.25, 0.3) is 0 Å². The SMILES string of the molecule is COCCC(=O)CC(=O)c1ccc(C)c(F)c1. The number of ketones is 2. The van der Waals surface area contributed by atoms with Crippen molar-refractivity contribution in [2.45, 2.75) is 19.8 Å². The van der Waals surface area contributed by atoms with Crippen LogP contribution in [0, 0.1) is 12.7 Å². The molecule has 1 aromatic rings. The highest BCUT2D eigenvalue weighted by Gasteiger charge is 2.12. The molecule has 0 heterocycles. The van der Waals surface area contributed by atoms with Crippen molar-refractivity contribution in [3.63, 3.8) is 0 Å². The molecule has 0 radical (unpaired) electrons. The smallest absolute Gasteiger partial charge is 0.170 e. The molecule has 1 aromatic carbocycles. The number of Topliss-reactive ketones (excluding diaryl/α,β-unsaturated/α-hetero) is 2. The van der Waals surface area contributed by atoms with E-state index in [9.17, 15) is 14.0 Å². The van der Waals surface area contributed by atoms with Gasteiger partial charge in [0.1, 0.15) is 11.6 Å². The number of carbonyl (C=O) groups is 2. The maximum atomic E-state index is 13.2. The summed E-state index contributed by atoms with van der Waals surface area (Å²) in [6.45, 7) is 1.92. The average molecular weight is 238 g/mol. The van der Waals surface area contributed by atoms with Crippen molar-refractivity contribution in [1.82, 2.24) is 0 Å². The molecule has 0 unspecified atom stereocenters. The highest BCUT2D eigenvalue weighted by Crippen LogP contribution is 2.11. The molecular formula is C13H15FO3. The molecular weight excluding hydrogens is 223 g/mol. The zero-order valence-corrected chi connectivity index (χ0v) is 9.96. The van der Waals surface area contributed by atoms with Gasteiger partial charge in [0, 0.05) is 19.1 Å². The highest BCUT2D eigenvalue weighted by atomic mass is 19.1. The molecule has 0 spiro atoms. The van der Waals surface area contributed by atoms with Crippen LogP contribution >= 0.6 is 0 Å². The first-order valence-corrected chi connectivity index (χ1v) is 5.34. The molecule has 0 aromatic heterocycles. The summed E-state index contributed by atoms with van der Waals surface area (Å²) in [4.78, 5) is 23.0. The minimum atomic E-state index is -0.430. The van der Waals surface area contributed by atoms with Crippen LogP contribution in [0.1, 0.15) is 28.8 Å². The van der Waals surface area contributed by atoms with Gasteiger partial charge in [-0.15, -0.1) is 0 Å². The van der Waals surface area contributed by atoms with Crippen molar-refractivity contribution in [3.8, 4) is 0 Å². The van der Waals surface area contributed by atoms with Crippen molar-refractivity contribution in [2.75, 3.05) is 13.7 Å². The molecule has 0 bridgehead atoms. The number of methoxy groups -OCH3 is 1. The van der Waals surface area contributed by atoms with Gasteiger partial charge in [0.05, 0.1) is 13.0 Å². The Hall–Kier alpha value is -1.55. The maximum absolute atomic E-state index is 13.2. The zero-order valence-electron chi connectivity index (χ0n) is 9.96. The Morgan fingerprint density at radius 3 is 2.65 bits per heavy atom. The predicted molar refractivity (Wildman–Crippen MR) is 61.6 cm³/mol. The second kappa shape index (κ2) is 6.25. The summed E-state index contributed by atoms with van der Waals surface area (Å²) in [6.07, 6.45) is 0.00243. The Balaban J connectivity index is 2.63. The van der Waals surface area contributed by atoms with E-state index in [-0.39, 0.29) is 30.0 Å². The molecule has 0 amide bonds. The first kappa shape index (κ1) is 13.5. The van der Waals surface area contributed by atoms with E-state index in [4.69, 9.17) is 4.74 Å². The summed E-state index contributed by atoms with van der Waals surface area (Å²) in [5.41, 5.74) is 0.714. The first-order valence-electron chi connectivity index (χ1n) is 5.34. The Kier molecular flexibility index (Phi) is 4.97. The number of halogens is 1. The molecule has 0 atom stereocenters.